The van der Waals surface area contributed by atoms with Crippen molar-refractivity contribution in [3.8, 4) is 0 Å². The molecule has 0 heterocycles. The highest BCUT2D eigenvalue weighted by molar-refractivity contribution is 5.83. The van der Waals surface area contributed by atoms with E-state index in [0.29, 0.717) is 24.7 Å². The van der Waals surface area contributed by atoms with Gasteiger partial charge >= 0.3 is 5.97 Å². The normalized spacial score (nSPS) is 20.1. The first kappa shape index (κ1) is 15.0. The zero-order valence-electron chi connectivity index (χ0n) is 11.4. The fraction of sp³-hybridized carbons (Fsp3) is 0.857. The maximum absolute atomic E-state index is 11.8. The van der Waals surface area contributed by atoms with E-state index >= 15 is 0 Å². The van der Waals surface area contributed by atoms with Crippen LogP contribution in [-0.2, 0) is 9.59 Å². The number of carboxylic acid groups (broad SMARTS) is 1. The molecule has 1 amide bonds. The van der Waals surface area contributed by atoms with Gasteiger partial charge in [0.15, 0.2) is 0 Å². The summed E-state index contributed by atoms with van der Waals surface area (Å²) in [5, 5.41) is 11.5. The number of carboxylic acids is 1. The standard InChI is InChI=1S/C14H25NO3/c1-3-12(14(17)18)15-13(16)9-10(2)11-7-5-4-6-8-11/h10-12H,3-9H2,1-2H3,(H,15,16)(H,17,18). The van der Waals surface area contributed by atoms with Crippen LogP contribution in [0.5, 0.6) is 0 Å². The number of rotatable bonds is 6. The lowest BCUT2D eigenvalue weighted by Gasteiger charge is -2.27. The molecule has 2 N–H and O–H groups in total. The summed E-state index contributed by atoms with van der Waals surface area (Å²) >= 11 is 0. The summed E-state index contributed by atoms with van der Waals surface area (Å²) in [7, 11) is 0. The second kappa shape index (κ2) is 7.39. The monoisotopic (exact) mass is 255 g/mol. The van der Waals surface area contributed by atoms with Gasteiger partial charge in [0.05, 0.1) is 0 Å². The Balaban J connectivity index is 2.36. The van der Waals surface area contributed by atoms with E-state index in [9.17, 15) is 9.59 Å². The molecule has 1 saturated carbocycles. The summed E-state index contributed by atoms with van der Waals surface area (Å²) in [5.41, 5.74) is 0. The van der Waals surface area contributed by atoms with Crippen molar-refractivity contribution in [3.63, 3.8) is 0 Å². The molecule has 0 saturated heterocycles. The largest absolute Gasteiger partial charge is 0.480 e. The molecule has 0 radical (unpaired) electrons. The molecule has 0 aromatic rings. The van der Waals surface area contributed by atoms with Gasteiger partial charge in [0, 0.05) is 6.42 Å². The molecular weight excluding hydrogens is 230 g/mol. The van der Waals surface area contributed by atoms with E-state index in [0.717, 1.165) is 0 Å². The van der Waals surface area contributed by atoms with E-state index in [-0.39, 0.29) is 5.91 Å². The van der Waals surface area contributed by atoms with Gasteiger partial charge in [0.25, 0.3) is 0 Å². The summed E-state index contributed by atoms with van der Waals surface area (Å²) in [6.45, 7) is 3.88. The molecule has 2 unspecified atom stereocenters. The highest BCUT2D eigenvalue weighted by atomic mass is 16.4. The predicted molar refractivity (Wildman–Crippen MR) is 70.2 cm³/mol. The van der Waals surface area contributed by atoms with Crippen molar-refractivity contribution in [3.05, 3.63) is 0 Å². The molecule has 2 atom stereocenters. The number of hydrogen-bond acceptors (Lipinski definition) is 2. The fourth-order valence-electron chi connectivity index (χ4n) is 2.75. The van der Waals surface area contributed by atoms with Crippen LogP contribution in [0.2, 0.25) is 0 Å². The lowest BCUT2D eigenvalue weighted by molar-refractivity contribution is -0.142. The minimum Gasteiger partial charge on any atom is -0.480 e. The third-order valence-corrected chi connectivity index (χ3v) is 4.00. The van der Waals surface area contributed by atoms with Crippen molar-refractivity contribution < 1.29 is 14.7 Å². The van der Waals surface area contributed by atoms with Crippen molar-refractivity contribution >= 4 is 11.9 Å². The van der Waals surface area contributed by atoms with Crippen LogP contribution in [-0.4, -0.2) is 23.0 Å². The number of carbonyl (C=O) groups excluding carboxylic acids is 1. The van der Waals surface area contributed by atoms with Crippen LogP contribution in [0.4, 0.5) is 0 Å². The highest BCUT2D eigenvalue weighted by Crippen LogP contribution is 2.31. The molecule has 4 heteroatoms. The number of amides is 1. The van der Waals surface area contributed by atoms with Gasteiger partial charge in [-0.15, -0.1) is 0 Å². The Bertz CT molecular complexity index is 285. The summed E-state index contributed by atoms with van der Waals surface area (Å²) in [4.78, 5) is 22.6. The van der Waals surface area contributed by atoms with Crippen molar-refractivity contribution in [2.45, 2.75) is 64.8 Å². The van der Waals surface area contributed by atoms with E-state index in [1.54, 1.807) is 6.92 Å². The molecule has 0 bridgehead atoms. The lowest BCUT2D eigenvalue weighted by atomic mass is 9.79. The SMILES string of the molecule is CCC(NC(=O)CC(C)C1CCCCC1)C(=O)O. The molecule has 1 aliphatic rings. The molecule has 0 aliphatic heterocycles. The Kier molecular flexibility index (Phi) is 6.16. The Labute approximate surface area is 109 Å². The van der Waals surface area contributed by atoms with Crippen LogP contribution in [0, 0.1) is 11.8 Å². The van der Waals surface area contributed by atoms with Crippen LogP contribution in [0.1, 0.15) is 58.8 Å². The Morgan fingerprint density at radius 2 is 1.89 bits per heavy atom. The zero-order valence-corrected chi connectivity index (χ0v) is 11.4. The zero-order chi connectivity index (χ0) is 13.5. The molecular formula is C14H25NO3. The van der Waals surface area contributed by atoms with Gasteiger partial charge in [-0.25, -0.2) is 4.79 Å². The molecule has 1 rings (SSSR count). The quantitative estimate of drug-likeness (QED) is 0.766. The summed E-state index contributed by atoms with van der Waals surface area (Å²) < 4.78 is 0. The second-order valence-corrected chi connectivity index (χ2v) is 5.45. The summed E-state index contributed by atoms with van der Waals surface area (Å²) in [6.07, 6.45) is 7.15. The van der Waals surface area contributed by atoms with Crippen LogP contribution < -0.4 is 5.32 Å². The van der Waals surface area contributed by atoms with Crippen molar-refractivity contribution in [2.75, 3.05) is 0 Å². The number of hydrogen-bond donors (Lipinski definition) is 2. The van der Waals surface area contributed by atoms with Crippen molar-refractivity contribution in [2.24, 2.45) is 11.8 Å². The summed E-state index contributed by atoms with van der Waals surface area (Å²) in [6, 6.07) is -0.740. The van der Waals surface area contributed by atoms with Gasteiger partial charge in [0.1, 0.15) is 6.04 Å². The minimum atomic E-state index is -0.948. The number of carbonyl (C=O) groups is 2. The van der Waals surface area contributed by atoms with E-state index in [1.807, 2.05) is 0 Å². The van der Waals surface area contributed by atoms with Gasteiger partial charge < -0.3 is 10.4 Å². The first-order valence-electron chi connectivity index (χ1n) is 7.06. The molecule has 0 spiro atoms. The lowest BCUT2D eigenvalue weighted by Crippen LogP contribution is -2.41. The maximum atomic E-state index is 11.8. The first-order valence-corrected chi connectivity index (χ1v) is 7.06. The smallest absolute Gasteiger partial charge is 0.326 e. The van der Waals surface area contributed by atoms with E-state index in [4.69, 9.17) is 5.11 Å². The second-order valence-electron chi connectivity index (χ2n) is 5.45. The van der Waals surface area contributed by atoms with Crippen LogP contribution >= 0.6 is 0 Å². The molecule has 18 heavy (non-hydrogen) atoms. The van der Waals surface area contributed by atoms with Crippen molar-refractivity contribution in [1.29, 1.82) is 0 Å². The average Bonchev–Trinajstić information content (AvgIpc) is 2.36. The van der Waals surface area contributed by atoms with Crippen LogP contribution in [0.3, 0.4) is 0 Å². The molecule has 104 valence electrons. The molecule has 0 aromatic heterocycles. The highest BCUT2D eigenvalue weighted by Gasteiger charge is 2.24. The third-order valence-electron chi connectivity index (χ3n) is 4.00. The van der Waals surface area contributed by atoms with Gasteiger partial charge in [-0.05, 0) is 18.3 Å². The molecule has 1 fully saturated rings. The van der Waals surface area contributed by atoms with Gasteiger partial charge in [-0.2, -0.15) is 0 Å². The van der Waals surface area contributed by atoms with Gasteiger partial charge in [-0.3, -0.25) is 4.79 Å². The minimum absolute atomic E-state index is 0.123. The van der Waals surface area contributed by atoms with E-state index < -0.39 is 12.0 Å². The van der Waals surface area contributed by atoms with Crippen molar-refractivity contribution in [1.82, 2.24) is 5.32 Å². The molecule has 4 nitrogen and oxygen atoms in total. The van der Waals surface area contributed by atoms with Crippen LogP contribution in [0.15, 0.2) is 0 Å². The Hall–Kier alpha value is -1.06. The topological polar surface area (TPSA) is 66.4 Å². The van der Waals surface area contributed by atoms with E-state index in [2.05, 4.69) is 12.2 Å². The van der Waals surface area contributed by atoms with Gasteiger partial charge in [0.2, 0.25) is 5.91 Å². The number of aliphatic carboxylic acids is 1. The average molecular weight is 255 g/mol. The third kappa shape index (κ3) is 4.67. The first-order chi connectivity index (χ1) is 8.54. The van der Waals surface area contributed by atoms with E-state index in [1.165, 1.54) is 32.1 Å². The van der Waals surface area contributed by atoms with Crippen LogP contribution in [0.25, 0.3) is 0 Å². The Morgan fingerprint density at radius 3 is 2.39 bits per heavy atom. The Morgan fingerprint density at radius 1 is 1.28 bits per heavy atom. The maximum Gasteiger partial charge on any atom is 0.326 e. The molecule has 1 aliphatic carbocycles. The summed E-state index contributed by atoms with van der Waals surface area (Å²) in [5.74, 6) is -0.0792. The predicted octanol–water partition coefficient (Wildman–Crippen LogP) is 2.57. The fourth-order valence-corrected chi connectivity index (χ4v) is 2.75. The molecule has 0 aromatic carbocycles. The van der Waals surface area contributed by atoms with Gasteiger partial charge in [-0.1, -0.05) is 46.0 Å². The number of nitrogens with one attached hydrogen (secondary N) is 1.